The summed E-state index contributed by atoms with van der Waals surface area (Å²) < 4.78 is 43.9. The molecule has 3 aromatic rings. The summed E-state index contributed by atoms with van der Waals surface area (Å²) in [6.45, 7) is 1.26. The van der Waals surface area contributed by atoms with E-state index in [0.29, 0.717) is 43.9 Å². The Kier molecular flexibility index (Phi) is 5.93. The number of amides is 1. The van der Waals surface area contributed by atoms with Crippen LogP contribution in [0.1, 0.15) is 32.7 Å². The summed E-state index contributed by atoms with van der Waals surface area (Å²) in [5.74, 6) is 0.432. The van der Waals surface area contributed by atoms with Gasteiger partial charge in [-0.1, -0.05) is 24.3 Å². The maximum atomic E-state index is 13.1. The van der Waals surface area contributed by atoms with Gasteiger partial charge in [-0.15, -0.1) is 0 Å². The van der Waals surface area contributed by atoms with Crippen molar-refractivity contribution in [2.75, 3.05) is 13.2 Å². The second-order valence-electron chi connectivity index (χ2n) is 7.42. The zero-order valence-corrected chi connectivity index (χ0v) is 16.7. The fraction of sp³-hybridized carbons (Fsp3) is 0.250. The molecule has 0 saturated carbocycles. The molecule has 0 spiro atoms. The van der Waals surface area contributed by atoms with Crippen LogP contribution >= 0.6 is 0 Å². The monoisotopic (exact) mass is 426 g/mol. The van der Waals surface area contributed by atoms with E-state index in [1.807, 2.05) is 30.3 Å². The number of fused-ring (bicyclic) bond motifs is 1. The number of carbonyl (C=O) groups excluding carboxylic acids is 1. The summed E-state index contributed by atoms with van der Waals surface area (Å²) in [5, 5.41) is 0. The normalized spacial score (nSPS) is 14.0. The number of ether oxygens (including phenoxy) is 1. The summed E-state index contributed by atoms with van der Waals surface area (Å²) in [5.41, 5.74) is 2.38. The van der Waals surface area contributed by atoms with Crippen LogP contribution in [-0.2, 0) is 25.6 Å². The van der Waals surface area contributed by atoms with Crippen molar-refractivity contribution in [3.8, 4) is 5.75 Å². The Labute approximate surface area is 178 Å². The molecule has 4 rings (SSSR count). The molecule has 1 aliphatic rings. The maximum Gasteiger partial charge on any atom is 0.416 e. The number of pyridine rings is 1. The van der Waals surface area contributed by atoms with Gasteiger partial charge in [0.25, 0.3) is 5.91 Å². The highest BCUT2D eigenvalue weighted by atomic mass is 19.4. The lowest BCUT2D eigenvalue weighted by atomic mass is 10.0. The molecule has 1 amide bonds. The van der Waals surface area contributed by atoms with E-state index in [4.69, 9.17) is 4.74 Å². The number of nitrogens with zero attached hydrogens (tertiary/aromatic N) is 2. The third-order valence-electron chi connectivity index (χ3n) is 5.24. The zero-order valence-electron chi connectivity index (χ0n) is 16.7. The van der Waals surface area contributed by atoms with Crippen LogP contribution in [0.15, 0.2) is 66.9 Å². The summed E-state index contributed by atoms with van der Waals surface area (Å²) in [6, 6.07) is 16.3. The molecule has 0 N–H and O–H groups in total. The molecule has 2 heterocycles. The molecular weight excluding hydrogens is 405 g/mol. The Balaban J connectivity index is 1.47. The molecule has 1 aliphatic heterocycles. The van der Waals surface area contributed by atoms with Crippen LogP contribution in [0.3, 0.4) is 0 Å². The number of carbonyl (C=O) groups is 1. The van der Waals surface area contributed by atoms with Gasteiger partial charge in [0, 0.05) is 6.20 Å². The van der Waals surface area contributed by atoms with Gasteiger partial charge in [-0.3, -0.25) is 9.78 Å². The number of halogens is 3. The van der Waals surface area contributed by atoms with Gasteiger partial charge in [0.05, 0.1) is 29.9 Å². The van der Waals surface area contributed by atoms with E-state index in [9.17, 15) is 18.0 Å². The Morgan fingerprint density at radius 3 is 2.42 bits per heavy atom. The van der Waals surface area contributed by atoms with Crippen molar-refractivity contribution in [3.63, 3.8) is 0 Å². The van der Waals surface area contributed by atoms with E-state index in [1.54, 1.807) is 17.2 Å². The molecule has 2 aromatic carbocycles. The third kappa shape index (κ3) is 5.05. The van der Waals surface area contributed by atoms with Gasteiger partial charge in [-0.2, -0.15) is 13.2 Å². The second kappa shape index (κ2) is 8.79. The Hall–Kier alpha value is -3.35. The van der Waals surface area contributed by atoms with E-state index in [1.165, 1.54) is 12.1 Å². The Bertz CT molecular complexity index is 1050. The molecule has 4 nitrogen and oxygen atoms in total. The highest BCUT2D eigenvalue weighted by molar-refractivity contribution is 5.97. The van der Waals surface area contributed by atoms with Crippen LogP contribution in [0.5, 0.6) is 5.75 Å². The number of alkyl halides is 3. The van der Waals surface area contributed by atoms with E-state index in [-0.39, 0.29) is 5.91 Å². The standard InChI is InChI=1S/C24H21F3N2O2/c25-24(26,27)19-9-6-17(7-10-19)4-5-18-8-11-22-21(15-18)23(30)29(13-14-31-22)16-20-3-1-2-12-28-20/h1-3,6-12,15H,4-5,13-14,16H2. The molecular formula is C24H21F3N2O2. The molecule has 1 aromatic heterocycles. The van der Waals surface area contributed by atoms with Crippen LogP contribution in [0, 0.1) is 0 Å². The number of hydrogen-bond donors (Lipinski definition) is 0. The topological polar surface area (TPSA) is 42.4 Å². The average Bonchev–Trinajstić information content (AvgIpc) is 2.91. The molecule has 0 atom stereocenters. The summed E-state index contributed by atoms with van der Waals surface area (Å²) in [4.78, 5) is 19.1. The lowest BCUT2D eigenvalue weighted by Crippen LogP contribution is -2.32. The fourth-order valence-electron chi connectivity index (χ4n) is 3.55. The minimum absolute atomic E-state index is 0.116. The highest BCUT2D eigenvalue weighted by Crippen LogP contribution is 2.29. The van der Waals surface area contributed by atoms with Crippen molar-refractivity contribution in [2.45, 2.75) is 25.6 Å². The first-order valence-corrected chi connectivity index (χ1v) is 10.0. The predicted octanol–water partition coefficient (Wildman–Crippen LogP) is 4.92. The van der Waals surface area contributed by atoms with Gasteiger partial charge in [0.2, 0.25) is 0 Å². The van der Waals surface area contributed by atoms with Gasteiger partial charge in [0.15, 0.2) is 0 Å². The van der Waals surface area contributed by atoms with Crippen LogP contribution in [-0.4, -0.2) is 28.9 Å². The largest absolute Gasteiger partial charge is 0.491 e. The zero-order chi connectivity index (χ0) is 21.8. The second-order valence-corrected chi connectivity index (χ2v) is 7.42. The van der Waals surface area contributed by atoms with Crippen molar-refractivity contribution >= 4 is 5.91 Å². The van der Waals surface area contributed by atoms with Crippen molar-refractivity contribution in [2.24, 2.45) is 0 Å². The first-order chi connectivity index (χ1) is 14.9. The minimum atomic E-state index is -4.34. The molecule has 31 heavy (non-hydrogen) atoms. The van der Waals surface area contributed by atoms with Gasteiger partial charge >= 0.3 is 6.18 Å². The quantitative estimate of drug-likeness (QED) is 0.582. The summed E-state index contributed by atoms with van der Waals surface area (Å²) in [6.07, 6.45) is -1.46. The summed E-state index contributed by atoms with van der Waals surface area (Å²) in [7, 11) is 0. The number of hydrogen-bond acceptors (Lipinski definition) is 3. The van der Waals surface area contributed by atoms with E-state index in [0.717, 1.165) is 29.0 Å². The van der Waals surface area contributed by atoms with Crippen molar-refractivity contribution in [1.29, 1.82) is 0 Å². The number of aromatic nitrogens is 1. The summed E-state index contributed by atoms with van der Waals surface area (Å²) >= 11 is 0. The molecule has 0 aliphatic carbocycles. The van der Waals surface area contributed by atoms with Crippen LogP contribution in [0.4, 0.5) is 13.2 Å². The smallest absolute Gasteiger partial charge is 0.416 e. The molecule has 7 heteroatoms. The molecule has 160 valence electrons. The molecule has 0 radical (unpaired) electrons. The first-order valence-electron chi connectivity index (χ1n) is 10.0. The van der Waals surface area contributed by atoms with Crippen molar-refractivity contribution in [1.82, 2.24) is 9.88 Å². The Morgan fingerprint density at radius 1 is 0.968 bits per heavy atom. The van der Waals surface area contributed by atoms with E-state index in [2.05, 4.69) is 4.98 Å². The number of aryl methyl sites for hydroxylation is 2. The van der Waals surface area contributed by atoms with Crippen molar-refractivity contribution in [3.05, 3.63) is 94.8 Å². The maximum absolute atomic E-state index is 13.1. The number of benzene rings is 2. The lowest BCUT2D eigenvalue weighted by molar-refractivity contribution is -0.137. The van der Waals surface area contributed by atoms with E-state index >= 15 is 0 Å². The average molecular weight is 426 g/mol. The molecule has 0 bridgehead atoms. The van der Waals surface area contributed by atoms with Gasteiger partial charge < -0.3 is 9.64 Å². The SMILES string of the molecule is O=C1c2cc(CCc3ccc(C(F)(F)F)cc3)ccc2OCCN1Cc1ccccn1. The van der Waals surface area contributed by atoms with Crippen molar-refractivity contribution < 1.29 is 22.7 Å². The predicted molar refractivity (Wildman–Crippen MR) is 110 cm³/mol. The van der Waals surface area contributed by atoms with Gasteiger partial charge in [-0.25, -0.2) is 0 Å². The van der Waals surface area contributed by atoms with E-state index < -0.39 is 11.7 Å². The lowest BCUT2D eigenvalue weighted by Gasteiger charge is -2.19. The first kappa shape index (κ1) is 20.9. The molecule has 0 fully saturated rings. The number of rotatable bonds is 5. The van der Waals surface area contributed by atoms with Gasteiger partial charge in [0.1, 0.15) is 12.4 Å². The molecule has 0 unspecified atom stereocenters. The minimum Gasteiger partial charge on any atom is -0.491 e. The Morgan fingerprint density at radius 2 is 1.71 bits per heavy atom. The fourth-order valence-corrected chi connectivity index (χ4v) is 3.55. The van der Waals surface area contributed by atoms with Crippen LogP contribution in [0.2, 0.25) is 0 Å². The van der Waals surface area contributed by atoms with Crippen LogP contribution < -0.4 is 4.74 Å². The molecule has 0 saturated heterocycles. The van der Waals surface area contributed by atoms with Crippen LogP contribution in [0.25, 0.3) is 0 Å². The third-order valence-corrected chi connectivity index (χ3v) is 5.24. The van der Waals surface area contributed by atoms with Gasteiger partial charge in [-0.05, 0) is 60.4 Å². The highest BCUT2D eigenvalue weighted by Gasteiger charge is 2.30.